The van der Waals surface area contributed by atoms with Crippen molar-refractivity contribution in [3.63, 3.8) is 0 Å². The molecular weight excluding hydrogens is 397 g/mol. The molecule has 0 radical (unpaired) electrons. The lowest BCUT2D eigenvalue weighted by Gasteiger charge is -2.05. The van der Waals surface area contributed by atoms with Gasteiger partial charge in [0.2, 0.25) is 0 Å². The van der Waals surface area contributed by atoms with Crippen LogP contribution in [0.2, 0.25) is 0 Å². The lowest BCUT2D eigenvalue weighted by molar-refractivity contribution is 0.573. The zero-order valence-corrected chi connectivity index (χ0v) is 16.9. The monoisotopic (exact) mass is 416 g/mol. The van der Waals surface area contributed by atoms with E-state index in [0.29, 0.717) is 29.8 Å². The number of benzene rings is 3. The van der Waals surface area contributed by atoms with E-state index in [4.69, 9.17) is 0 Å². The summed E-state index contributed by atoms with van der Waals surface area (Å²) in [5.74, 6) is 4.30. The maximum Gasteiger partial charge on any atom is 0.142 e. The normalized spacial score (nSPS) is 10.7. The third-order valence-electron chi connectivity index (χ3n) is 5.04. The summed E-state index contributed by atoms with van der Waals surface area (Å²) >= 11 is 0. The Bertz CT molecular complexity index is 1280. The predicted octanol–water partition coefficient (Wildman–Crippen LogP) is 5.79. The Morgan fingerprint density at radius 2 is 1.42 bits per heavy atom. The van der Waals surface area contributed by atoms with Crippen LogP contribution in [0.3, 0.4) is 0 Å². The summed E-state index contributed by atoms with van der Waals surface area (Å²) in [6.07, 6.45) is 5.31. The van der Waals surface area contributed by atoms with Crippen LogP contribution in [0, 0.1) is 29.3 Å². The molecule has 0 aliphatic rings. The minimum atomic E-state index is -0.701. The summed E-state index contributed by atoms with van der Waals surface area (Å²) in [6, 6.07) is 12.2. The van der Waals surface area contributed by atoms with Crippen molar-refractivity contribution in [2.75, 3.05) is 0 Å². The fourth-order valence-corrected chi connectivity index (χ4v) is 3.27. The highest BCUT2D eigenvalue weighted by atomic mass is 19.1. The lowest BCUT2D eigenvalue weighted by atomic mass is 10.0. The molecule has 0 unspecified atom stereocenters. The first kappa shape index (κ1) is 20.6. The molecule has 0 saturated carbocycles. The molecule has 1 aromatic heterocycles. The van der Waals surface area contributed by atoms with E-state index in [1.807, 2.05) is 6.92 Å². The van der Waals surface area contributed by atoms with Crippen LogP contribution in [0.1, 0.15) is 35.0 Å². The second kappa shape index (κ2) is 9.01. The van der Waals surface area contributed by atoms with Crippen molar-refractivity contribution in [1.82, 2.24) is 9.97 Å². The molecule has 3 aromatic carbocycles. The molecule has 0 spiro atoms. The topological polar surface area (TPSA) is 25.8 Å². The first-order valence-electron chi connectivity index (χ1n) is 10.0. The van der Waals surface area contributed by atoms with E-state index in [1.165, 1.54) is 24.3 Å². The van der Waals surface area contributed by atoms with Crippen molar-refractivity contribution in [3.05, 3.63) is 106 Å². The van der Waals surface area contributed by atoms with Gasteiger partial charge in [-0.05, 0) is 71.1 Å². The third kappa shape index (κ3) is 4.92. The van der Waals surface area contributed by atoms with Gasteiger partial charge in [-0.3, -0.25) is 0 Å². The van der Waals surface area contributed by atoms with Crippen molar-refractivity contribution < 1.29 is 13.2 Å². The van der Waals surface area contributed by atoms with Crippen molar-refractivity contribution in [2.24, 2.45) is 0 Å². The van der Waals surface area contributed by atoms with Crippen LogP contribution < -0.4 is 0 Å². The number of hydrogen-bond donors (Lipinski definition) is 0. The Morgan fingerprint density at radius 1 is 0.742 bits per heavy atom. The largest absolute Gasteiger partial charge is 0.241 e. The van der Waals surface area contributed by atoms with Gasteiger partial charge >= 0.3 is 0 Å². The van der Waals surface area contributed by atoms with Gasteiger partial charge in [0.15, 0.2) is 0 Å². The van der Waals surface area contributed by atoms with Gasteiger partial charge in [-0.25, -0.2) is 23.1 Å². The van der Waals surface area contributed by atoms with E-state index in [9.17, 15) is 13.2 Å². The van der Waals surface area contributed by atoms with Crippen molar-refractivity contribution in [2.45, 2.75) is 26.2 Å². The molecule has 154 valence electrons. The summed E-state index contributed by atoms with van der Waals surface area (Å²) in [5.41, 5.74) is 1.89. The van der Waals surface area contributed by atoms with Gasteiger partial charge in [0.25, 0.3) is 0 Å². The Labute approximate surface area is 178 Å². The minimum Gasteiger partial charge on any atom is -0.241 e. The predicted molar refractivity (Wildman–Crippen MR) is 115 cm³/mol. The molecule has 0 aliphatic heterocycles. The number of nitrogens with zero attached hydrogens (tertiary/aromatic N) is 2. The molecule has 0 amide bonds. The smallest absolute Gasteiger partial charge is 0.142 e. The Balaban J connectivity index is 1.51. The minimum absolute atomic E-state index is 0.272. The van der Waals surface area contributed by atoms with E-state index >= 15 is 0 Å². The second-order valence-corrected chi connectivity index (χ2v) is 7.25. The molecule has 5 heteroatoms. The first-order chi connectivity index (χ1) is 15.0. The Kier molecular flexibility index (Phi) is 5.99. The molecule has 0 aliphatic carbocycles. The maximum absolute atomic E-state index is 14.5. The molecule has 2 nitrogen and oxygen atoms in total. The summed E-state index contributed by atoms with van der Waals surface area (Å²) in [4.78, 5) is 8.55. The number of hydrogen-bond acceptors (Lipinski definition) is 2. The van der Waals surface area contributed by atoms with E-state index < -0.39 is 11.6 Å². The van der Waals surface area contributed by atoms with Gasteiger partial charge in [-0.15, -0.1) is 0 Å². The van der Waals surface area contributed by atoms with Crippen molar-refractivity contribution >= 4 is 10.8 Å². The van der Waals surface area contributed by atoms with Crippen LogP contribution in [0.15, 0.2) is 60.9 Å². The van der Waals surface area contributed by atoms with E-state index in [-0.39, 0.29) is 11.4 Å². The maximum atomic E-state index is 14.5. The van der Waals surface area contributed by atoms with Gasteiger partial charge in [-0.1, -0.05) is 30.9 Å². The highest BCUT2D eigenvalue weighted by molar-refractivity contribution is 5.84. The van der Waals surface area contributed by atoms with E-state index in [2.05, 4.69) is 21.8 Å². The molecule has 0 N–H and O–H groups in total. The molecule has 0 saturated heterocycles. The number of rotatable bonds is 4. The number of halogens is 3. The van der Waals surface area contributed by atoms with Crippen LogP contribution in [0.5, 0.6) is 0 Å². The average Bonchev–Trinajstić information content (AvgIpc) is 2.77. The number of fused-ring (bicyclic) bond motifs is 1. The van der Waals surface area contributed by atoms with Crippen molar-refractivity contribution in [1.29, 1.82) is 0 Å². The van der Waals surface area contributed by atoms with E-state index in [0.717, 1.165) is 22.8 Å². The molecule has 0 fully saturated rings. The average molecular weight is 416 g/mol. The summed E-state index contributed by atoms with van der Waals surface area (Å²) < 4.78 is 42.3. The molecular formula is C26H19F3N2. The summed E-state index contributed by atoms with van der Waals surface area (Å²) in [7, 11) is 0. The first-order valence-corrected chi connectivity index (χ1v) is 10.0. The van der Waals surface area contributed by atoms with Crippen LogP contribution >= 0.6 is 0 Å². The van der Waals surface area contributed by atoms with E-state index in [1.54, 1.807) is 36.7 Å². The van der Waals surface area contributed by atoms with Gasteiger partial charge in [0.1, 0.15) is 23.3 Å². The van der Waals surface area contributed by atoms with Gasteiger partial charge in [0, 0.05) is 24.4 Å². The number of aryl methyl sites for hydroxylation is 3. The zero-order valence-electron chi connectivity index (χ0n) is 16.9. The summed E-state index contributed by atoms with van der Waals surface area (Å²) in [5, 5.41) is 1.54. The fourth-order valence-electron chi connectivity index (χ4n) is 3.27. The molecule has 0 bridgehead atoms. The van der Waals surface area contributed by atoms with Crippen LogP contribution in [-0.2, 0) is 19.3 Å². The Morgan fingerprint density at radius 3 is 2.13 bits per heavy atom. The molecule has 1 heterocycles. The van der Waals surface area contributed by atoms with Crippen LogP contribution in [0.4, 0.5) is 13.2 Å². The van der Waals surface area contributed by atoms with Crippen molar-refractivity contribution in [3.8, 4) is 11.8 Å². The van der Waals surface area contributed by atoms with Gasteiger partial charge < -0.3 is 0 Å². The molecule has 4 rings (SSSR count). The second-order valence-electron chi connectivity index (χ2n) is 7.25. The fraction of sp³-hybridized carbons (Fsp3) is 0.154. The SMILES string of the molecule is CCc1cnc(CCc2cc(F)c(C#Cc3ccc4cc(F)ccc4c3)c(F)c2)nc1. The standard InChI is InChI=1S/C26H19F3N2/c1-2-17-15-30-26(31-16-17)10-5-19-12-24(28)23(25(29)13-19)9-4-18-3-6-21-14-22(27)8-7-20(21)11-18/h3,6-8,11-16H,2,5,10H2,1H3. The molecule has 4 aromatic rings. The number of aromatic nitrogens is 2. The lowest BCUT2D eigenvalue weighted by Crippen LogP contribution is -2.01. The Hall–Kier alpha value is -3.65. The van der Waals surface area contributed by atoms with Crippen LogP contribution in [0.25, 0.3) is 10.8 Å². The van der Waals surface area contributed by atoms with Gasteiger partial charge in [-0.2, -0.15) is 0 Å². The highest BCUT2D eigenvalue weighted by Crippen LogP contribution is 2.19. The zero-order chi connectivity index (χ0) is 21.8. The van der Waals surface area contributed by atoms with Gasteiger partial charge in [0.05, 0.1) is 5.56 Å². The highest BCUT2D eigenvalue weighted by Gasteiger charge is 2.10. The molecule has 31 heavy (non-hydrogen) atoms. The molecule has 0 atom stereocenters. The quantitative estimate of drug-likeness (QED) is 0.393. The third-order valence-corrected chi connectivity index (χ3v) is 5.04. The summed E-state index contributed by atoms with van der Waals surface area (Å²) in [6.45, 7) is 2.02. The van der Waals surface area contributed by atoms with Crippen LogP contribution in [-0.4, -0.2) is 9.97 Å².